The molecule has 2 amide bonds. The van der Waals surface area contributed by atoms with Crippen LogP contribution in [0.2, 0.25) is 0 Å². The first-order chi connectivity index (χ1) is 20.9. The lowest BCUT2D eigenvalue weighted by Gasteiger charge is -2.34. The minimum atomic E-state index is -0.665. The standard InChI is InChI=1S/C32H38N4O7/c1-19-12-24(35-43-19)17-36-16-23-14-27(36)32(40)33-15-30-28(38)9-7-25(42-30)10-11-41-29-13-22(6-8-26(29)31(39)34-23)21-4-2-20(18-37)3-5-21/h2-6,8,12-13,23,25,27-28,30,37-38H,7,9-11,14-18H2,1H3,(H,33,40)(H,34,39)/t23-,25-,27-,28-,30+/m0/s1. The molecule has 5 atom stereocenters. The highest BCUT2D eigenvalue weighted by molar-refractivity contribution is 5.98. The van der Waals surface area contributed by atoms with Crippen molar-refractivity contribution in [2.24, 2.45) is 0 Å². The Bertz CT molecular complexity index is 1440. The second-order valence-corrected chi connectivity index (χ2v) is 11.7. The Morgan fingerprint density at radius 2 is 1.86 bits per heavy atom. The summed E-state index contributed by atoms with van der Waals surface area (Å²) < 4.78 is 17.7. The van der Waals surface area contributed by atoms with Gasteiger partial charge in [-0.1, -0.05) is 35.5 Å². The number of benzene rings is 2. The van der Waals surface area contributed by atoms with Gasteiger partial charge >= 0.3 is 0 Å². The quantitative estimate of drug-likeness (QED) is 0.360. The third kappa shape index (κ3) is 6.75. The van der Waals surface area contributed by atoms with Crippen LogP contribution in [0.5, 0.6) is 5.75 Å². The van der Waals surface area contributed by atoms with E-state index in [0.717, 1.165) is 16.7 Å². The number of nitrogens with one attached hydrogen (secondary N) is 2. The van der Waals surface area contributed by atoms with Gasteiger partial charge in [-0.25, -0.2) is 0 Å². The minimum Gasteiger partial charge on any atom is -0.493 e. The maximum Gasteiger partial charge on any atom is 0.255 e. The molecular formula is C32H38N4O7. The zero-order valence-corrected chi connectivity index (χ0v) is 24.2. The number of carbonyl (C=O) groups is 2. The van der Waals surface area contributed by atoms with E-state index in [9.17, 15) is 19.8 Å². The van der Waals surface area contributed by atoms with Crippen molar-refractivity contribution in [2.75, 3.05) is 19.7 Å². The highest BCUT2D eigenvalue weighted by Gasteiger charge is 2.39. The summed E-state index contributed by atoms with van der Waals surface area (Å²) in [7, 11) is 0. The monoisotopic (exact) mass is 590 g/mol. The maximum atomic E-state index is 13.7. The first-order valence-electron chi connectivity index (χ1n) is 14.9. The van der Waals surface area contributed by atoms with E-state index in [0.29, 0.717) is 68.1 Å². The Labute approximate surface area is 250 Å². The molecule has 11 heteroatoms. The molecule has 0 aliphatic carbocycles. The molecule has 1 aromatic heterocycles. The molecule has 228 valence electrons. The summed E-state index contributed by atoms with van der Waals surface area (Å²) in [6, 6.07) is 14.1. The zero-order chi connectivity index (χ0) is 29.9. The van der Waals surface area contributed by atoms with Gasteiger partial charge in [-0.2, -0.15) is 0 Å². The number of aryl methyl sites for hydroxylation is 1. The van der Waals surface area contributed by atoms with E-state index in [1.165, 1.54) is 0 Å². The number of aliphatic hydroxyl groups excluding tert-OH is 2. The Balaban J connectivity index is 1.29. The predicted octanol–water partition coefficient (Wildman–Crippen LogP) is 2.32. The van der Waals surface area contributed by atoms with Crippen molar-refractivity contribution in [2.45, 2.75) is 76.2 Å². The summed E-state index contributed by atoms with van der Waals surface area (Å²) >= 11 is 0. The molecule has 3 aliphatic rings. The minimum absolute atomic E-state index is 0.0335. The van der Waals surface area contributed by atoms with Crippen LogP contribution in [-0.2, 0) is 22.7 Å². The molecule has 43 heavy (non-hydrogen) atoms. The lowest BCUT2D eigenvalue weighted by Crippen LogP contribution is -2.50. The van der Waals surface area contributed by atoms with Crippen molar-refractivity contribution in [1.29, 1.82) is 0 Å². The summed E-state index contributed by atoms with van der Waals surface area (Å²) in [4.78, 5) is 29.1. The summed E-state index contributed by atoms with van der Waals surface area (Å²) in [6.07, 6.45) is 0.908. The normalized spacial score (nSPS) is 26.7. The Morgan fingerprint density at radius 1 is 1.05 bits per heavy atom. The van der Waals surface area contributed by atoms with E-state index in [4.69, 9.17) is 14.0 Å². The molecule has 0 spiro atoms. The molecule has 6 rings (SSSR count). The highest BCUT2D eigenvalue weighted by atomic mass is 16.5. The molecule has 0 radical (unpaired) electrons. The van der Waals surface area contributed by atoms with Crippen LogP contribution in [-0.4, -0.2) is 82.2 Å². The van der Waals surface area contributed by atoms with E-state index >= 15 is 0 Å². The van der Waals surface area contributed by atoms with Crippen molar-refractivity contribution in [3.63, 3.8) is 0 Å². The SMILES string of the molecule is Cc1cc(CN2C[C@@H]3C[C@H]2C(=O)NC[C@H]2O[C@H](CCOc4cc(-c5ccc(CO)cc5)ccc4C(=O)N3)CC[C@@H]2O)no1. The van der Waals surface area contributed by atoms with Crippen molar-refractivity contribution in [3.05, 3.63) is 71.1 Å². The van der Waals surface area contributed by atoms with E-state index in [1.807, 2.05) is 54.3 Å². The first kappa shape index (κ1) is 29.3. The number of ether oxygens (including phenoxy) is 2. The molecule has 2 aromatic carbocycles. The number of hydrogen-bond donors (Lipinski definition) is 4. The fraction of sp³-hybridized carbons (Fsp3) is 0.469. The average Bonchev–Trinajstić information content (AvgIpc) is 3.61. The number of carbonyl (C=O) groups excluding carboxylic acids is 2. The van der Waals surface area contributed by atoms with Gasteiger partial charge in [0, 0.05) is 38.2 Å². The van der Waals surface area contributed by atoms with E-state index in [1.54, 1.807) is 6.07 Å². The van der Waals surface area contributed by atoms with Crippen LogP contribution >= 0.6 is 0 Å². The van der Waals surface area contributed by atoms with Crippen LogP contribution in [0.25, 0.3) is 11.1 Å². The Kier molecular flexibility index (Phi) is 8.75. The molecule has 2 fully saturated rings. The number of rotatable bonds is 4. The third-order valence-corrected chi connectivity index (χ3v) is 8.53. The number of aromatic nitrogens is 1. The van der Waals surface area contributed by atoms with E-state index in [2.05, 4.69) is 15.8 Å². The summed E-state index contributed by atoms with van der Waals surface area (Å²) in [5, 5.41) is 30.2. The zero-order valence-electron chi connectivity index (χ0n) is 24.2. The highest BCUT2D eigenvalue weighted by Crippen LogP contribution is 2.30. The van der Waals surface area contributed by atoms with E-state index in [-0.39, 0.29) is 37.1 Å². The van der Waals surface area contributed by atoms with Crippen LogP contribution in [0.1, 0.15) is 53.1 Å². The average molecular weight is 591 g/mol. The van der Waals surface area contributed by atoms with Crippen LogP contribution in [0, 0.1) is 6.92 Å². The molecule has 3 aliphatic heterocycles. The fourth-order valence-corrected chi connectivity index (χ4v) is 6.20. The number of nitrogens with zero attached hydrogens (tertiary/aromatic N) is 2. The molecule has 2 saturated heterocycles. The number of aliphatic hydroxyl groups is 2. The molecule has 11 nitrogen and oxygen atoms in total. The molecule has 3 aromatic rings. The molecule has 0 unspecified atom stereocenters. The van der Waals surface area contributed by atoms with Gasteiger partial charge in [0.05, 0.1) is 42.7 Å². The third-order valence-electron chi connectivity index (χ3n) is 8.53. The van der Waals surface area contributed by atoms with Gasteiger partial charge in [-0.15, -0.1) is 0 Å². The smallest absolute Gasteiger partial charge is 0.255 e. The van der Waals surface area contributed by atoms with Crippen LogP contribution in [0.4, 0.5) is 0 Å². The van der Waals surface area contributed by atoms with Crippen molar-refractivity contribution in [1.82, 2.24) is 20.7 Å². The summed E-state index contributed by atoms with van der Waals surface area (Å²) in [5.41, 5.74) is 3.75. The van der Waals surface area contributed by atoms with Crippen LogP contribution in [0.15, 0.2) is 53.1 Å². The molecule has 4 bridgehead atoms. The summed E-state index contributed by atoms with van der Waals surface area (Å²) in [5.74, 6) is 0.694. The number of amides is 2. The molecule has 0 saturated carbocycles. The van der Waals surface area contributed by atoms with Crippen molar-refractivity contribution in [3.8, 4) is 16.9 Å². The molecule has 4 N–H and O–H groups in total. The second-order valence-electron chi connectivity index (χ2n) is 11.7. The van der Waals surface area contributed by atoms with Gasteiger partial charge in [0.25, 0.3) is 5.91 Å². The number of hydrogen-bond acceptors (Lipinski definition) is 9. The number of fused-ring (bicyclic) bond motifs is 5. The van der Waals surface area contributed by atoms with Crippen molar-refractivity contribution < 1.29 is 33.8 Å². The van der Waals surface area contributed by atoms with Gasteiger partial charge in [0.15, 0.2) is 0 Å². The van der Waals surface area contributed by atoms with Gasteiger partial charge in [-0.05, 0) is 55.0 Å². The largest absolute Gasteiger partial charge is 0.493 e. The first-order valence-corrected chi connectivity index (χ1v) is 14.9. The lowest BCUT2D eigenvalue weighted by atomic mass is 9.99. The van der Waals surface area contributed by atoms with Gasteiger partial charge in [-0.3, -0.25) is 14.5 Å². The Hall–Kier alpha value is -3.77. The van der Waals surface area contributed by atoms with Gasteiger partial charge < -0.3 is 34.8 Å². The van der Waals surface area contributed by atoms with Crippen LogP contribution in [0.3, 0.4) is 0 Å². The predicted molar refractivity (Wildman–Crippen MR) is 156 cm³/mol. The van der Waals surface area contributed by atoms with Crippen LogP contribution < -0.4 is 15.4 Å². The molecule has 4 heterocycles. The van der Waals surface area contributed by atoms with Crippen molar-refractivity contribution >= 4 is 11.8 Å². The lowest BCUT2D eigenvalue weighted by molar-refractivity contribution is -0.133. The van der Waals surface area contributed by atoms with Gasteiger partial charge in [0.2, 0.25) is 5.91 Å². The topological polar surface area (TPSA) is 146 Å². The number of likely N-dealkylation sites (tertiary alicyclic amines) is 1. The molecular weight excluding hydrogens is 552 g/mol. The Morgan fingerprint density at radius 3 is 2.63 bits per heavy atom. The summed E-state index contributed by atoms with van der Waals surface area (Å²) in [6.45, 7) is 3.15. The fourth-order valence-electron chi connectivity index (χ4n) is 6.20. The van der Waals surface area contributed by atoms with E-state index < -0.39 is 18.2 Å². The van der Waals surface area contributed by atoms with Gasteiger partial charge in [0.1, 0.15) is 17.6 Å². The second kappa shape index (κ2) is 12.8. The maximum absolute atomic E-state index is 13.7.